The highest BCUT2D eigenvalue weighted by Crippen LogP contribution is 2.33. The molecule has 9 heteroatoms. The van der Waals surface area contributed by atoms with Crippen LogP contribution in [0.1, 0.15) is 23.2 Å². The molecule has 3 fully saturated rings. The van der Waals surface area contributed by atoms with Crippen LogP contribution in [-0.4, -0.2) is 79.5 Å². The normalized spacial score (nSPS) is 22.3. The van der Waals surface area contributed by atoms with Gasteiger partial charge in [-0.05, 0) is 31.0 Å². The molecular weight excluding hydrogens is 432 g/mol. The van der Waals surface area contributed by atoms with Gasteiger partial charge in [-0.2, -0.15) is 4.98 Å². The third kappa shape index (κ3) is 3.95. The third-order valence-electron chi connectivity index (χ3n) is 6.86. The number of pyridine rings is 1. The molecule has 176 valence electrons. The number of amides is 1. The van der Waals surface area contributed by atoms with Gasteiger partial charge in [0, 0.05) is 50.6 Å². The molecule has 3 aromatic rings. The Labute approximate surface area is 198 Å². The molecule has 0 spiro atoms. The number of carbonyl (C=O) groups excluding carboxylic acids is 1. The lowest BCUT2D eigenvalue weighted by Crippen LogP contribution is -2.43. The van der Waals surface area contributed by atoms with Crippen LogP contribution in [0.3, 0.4) is 0 Å². The smallest absolute Gasteiger partial charge is 0.251 e. The van der Waals surface area contributed by atoms with E-state index in [-0.39, 0.29) is 18.1 Å². The Bertz CT molecular complexity index is 1220. The second-order valence-electron chi connectivity index (χ2n) is 9.06. The van der Waals surface area contributed by atoms with Crippen LogP contribution in [0.25, 0.3) is 22.3 Å². The molecule has 34 heavy (non-hydrogen) atoms. The standard InChI is InChI=1S/C25H28N6O3/c1-26-24(32)17-4-2-3-16(11-17)21-12-22(30-7-9-33-10-8-30)20-13-27-25(29-23(20)28-21)31-14-18-5-6-19(15-31)34-18/h2-4,11-13,18-19H,5-10,14-15H2,1H3,(H,26,32). The van der Waals surface area contributed by atoms with Gasteiger partial charge in [-0.25, -0.2) is 9.97 Å². The van der Waals surface area contributed by atoms with Crippen LogP contribution < -0.4 is 15.1 Å². The van der Waals surface area contributed by atoms with E-state index in [4.69, 9.17) is 24.4 Å². The van der Waals surface area contributed by atoms with Crippen molar-refractivity contribution in [2.45, 2.75) is 25.0 Å². The van der Waals surface area contributed by atoms with Crippen molar-refractivity contribution in [3.8, 4) is 11.3 Å². The number of carbonyl (C=O) groups is 1. The SMILES string of the molecule is CNC(=O)c1cccc(-c2cc(N3CCOCC3)c3cnc(N4CC5CCC(C4)O5)nc3n2)c1. The zero-order chi connectivity index (χ0) is 23.1. The van der Waals surface area contributed by atoms with Crippen LogP contribution >= 0.6 is 0 Å². The summed E-state index contributed by atoms with van der Waals surface area (Å²) in [4.78, 5) is 31.3. The fourth-order valence-electron chi connectivity index (χ4n) is 5.09. The van der Waals surface area contributed by atoms with Gasteiger partial charge in [-0.3, -0.25) is 4.79 Å². The van der Waals surface area contributed by atoms with Crippen molar-refractivity contribution in [1.82, 2.24) is 20.3 Å². The van der Waals surface area contributed by atoms with Gasteiger partial charge in [-0.1, -0.05) is 12.1 Å². The van der Waals surface area contributed by atoms with Gasteiger partial charge in [0.05, 0.1) is 42.2 Å². The molecule has 0 radical (unpaired) electrons. The molecule has 5 heterocycles. The highest BCUT2D eigenvalue weighted by Gasteiger charge is 2.35. The largest absolute Gasteiger partial charge is 0.378 e. The van der Waals surface area contributed by atoms with Crippen LogP contribution in [0.4, 0.5) is 11.6 Å². The number of nitrogens with zero attached hydrogens (tertiary/aromatic N) is 5. The molecule has 1 aromatic carbocycles. The van der Waals surface area contributed by atoms with Crippen molar-refractivity contribution < 1.29 is 14.3 Å². The third-order valence-corrected chi connectivity index (χ3v) is 6.86. The van der Waals surface area contributed by atoms with Crippen molar-refractivity contribution in [3.05, 3.63) is 42.1 Å². The summed E-state index contributed by atoms with van der Waals surface area (Å²) in [5.74, 6) is 0.576. The first-order valence-electron chi connectivity index (χ1n) is 11.9. The maximum Gasteiger partial charge on any atom is 0.251 e. The minimum Gasteiger partial charge on any atom is -0.378 e. The number of hydrogen-bond acceptors (Lipinski definition) is 8. The maximum atomic E-state index is 12.2. The minimum atomic E-state index is -0.123. The van der Waals surface area contributed by atoms with Crippen molar-refractivity contribution >= 4 is 28.6 Å². The van der Waals surface area contributed by atoms with Gasteiger partial charge in [0.15, 0.2) is 5.65 Å². The Kier molecular flexibility index (Phi) is 5.50. The zero-order valence-electron chi connectivity index (χ0n) is 19.2. The zero-order valence-corrected chi connectivity index (χ0v) is 19.2. The predicted octanol–water partition coefficient (Wildman–Crippen LogP) is 2.26. The Morgan fingerprint density at radius 2 is 1.85 bits per heavy atom. The Morgan fingerprint density at radius 3 is 2.62 bits per heavy atom. The van der Waals surface area contributed by atoms with Gasteiger partial charge >= 0.3 is 0 Å². The average molecular weight is 461 g/mol. The first-order chi connectivity index (χ1) is 16.7. The molecule has 0 saturated carbocycles. The highest BCUT2D eigenvalue weighted by molar-refractivity contribution is 5.96. The van der Waals surface area contributed by atoms with Gasteiger partial charge in [0.25, 0.3) is 5.91 Å². The van der Waals surface area contributed by atoms with Crippen LogP contribution in [0.5, 0.6) is 0 Å². The molecule has 2 aromatic heterocycles. The van der Waals surface area contributed by atoms with Crippen molar-refractivity contribution in [1.29, 1.82) is 0 Å². The second-order valence-corrected chi connectivity index (χ2v) is 9.06. The predicted molar refractivity (Wildman–Crippen MR) is 129 cm³/mol. The number of anilines is 2. The monoisotopic (exact) mass is 460 g/mol. The Balaban J connectivity index is 1.45. The quantitative estimate of drug-likeness (QED) is 0.634. The summed E-state index contributed by atoms with van der Waals surface area (Å²) in [5, 5.41) is 3.61. The fourth-order valence-corrected chi connectivity index (χ4v) is 5.09. The number of aromatic nitrogens is 3. The molecule has 2 atom stereocenters. The molecule has 2 unspecified atom stereocenters. The van der Waals surface area contributed by atoms with Crippen molar-refractivity contribution in [2.75, 3.05) is 56.2 Å². The number of morpholine rings is 2. The molecule has 3 saturated heterocycles. The number of rotatable bonds is 4. The maximum absolute atomic E-state index is 12.2. The Morgan fingerprint density at radius 1 is 1.06 bits per heavy atom. The number of hydrogen-bond donors (Lipinski definition) is 1. The molecule has 2 bridgehead atoms. The minimum absolute atomic E-state index is 0.123. The highest BCUT2D eigenvalue weighted by atomic mass is 16.5. The first-order valence-corrected chi connectivity index (χ1v) is 11.9. The summed E-state index contributed by atoms with van der Waals surface area (Å²) >= 11 is 0. The summed E-state index contributed by atoms with van der Waals surface area (Å²) in [7, 11) is 1.64. The van der Waals surface area contributed by atoms with E-state index in [0.29, 0.717) is 30.4 Å². The number of ether oxygens (including phenoxy) is 2. The molecule has 9 nitrogen and oxygen atoms in total. The fraction of sp³-hybridized carbons (Fsp3) is 0.440. The molecular formula is C25H28N6O3. The number of fused-ring (bicyclic) bond motifs is 3. The van der Waals surface area contributed by atoms with E-state index in [2.05, 4.69) is 21.2 Å². The van der Waals surface area contributed by atoms with Gasteiger partial charge in [0.2, 0.25) is 5.95 Å². The molecule has 6 rings (SSSR count). The van der Waals surface area contributed by atoms with Crippen LogP contribution in [0.2, 0.25) is 0 Å². The van der Waals surface area contributed by atoms with Crippen molar-refractivity contribution in [3.63, 3.8) is 0 Å². The van der Waals surface area contributed by atoms with Gasteiger partial charge in [-0.15, -0.1) is 0 Å². The molecule has 3 aliphatic rings. The van der Waals surface area contributed by atoms with Crippen molar-refractivity contribution in [2.24, 2.45) is 0 Å². The lowest BCUT2D eigenvalue weighted by atomic mass is 10.1. The summed E-state index contributed by atoms with van der Waals surface area (Å²) < 4.78 is 11.6. The van der Waals surface area contributed by atoms with E-state index < -0.39 is 0 Å². The second kappa shape index (κ2) is 8.81. The topological polar surface area (TPSA) is 92.7 Å². The average Bonchev–Trinajstić information content (AvgIpc) is 3.24. The van der Waals surface area contributed by atoms with E-state index in [1.165, 1.54) is 0 Å². The number of benzene rings is 1. The van der Waals surface area contributed by atoms with Crippen LogP contribution in [0, 0.1) is 0 Å². The number of nitrogens with one attached hydrogen (secondary N) is 1. The van der Waals surface area contributed by atoms with E-state index in [0.717, 1.165) is 61.4 Å². The van der Waals surface area contributed by atoms with E-state index >= 15 is 0 Å². The molecule has 3 aliphatic heterocycles. The van der Waals surface area contributed by atoms with Crippen LogP contribution in [-0.2, 0) is 9.47 Å². The summed E-state index contributed by atoms with van der Waals surface area (Å²) in [6.45, 7) is 4.58. The van der Waals surface area contributed by atoms with E-state index in [9.17, 15) is 4.79 Å². The lowest BCUT2D eigenvalue weighted by molar-refractivity contribution is 0.0299. The van der Waals surface area contributed by atoms with E-state index in [1.54, 1.807) is 13.1 Å². The van der Waals surface area contributed by atoms with Gasteiger partial charge in [0.1, 0.15) is 0 Å². The lowest BCUT2D eigenvalue weighted by Gasteiger charge is -2.32. The van der Waals surface area contributed by atoms with E-state index in [1.807, 2.05) is 24.4 Å². The van der Waals surface area contributed by atoms with Gasteiger partial charge < -0.3 is 24.6 Å². The van der Waals surface area contributed by atoms with Crippen LogP contribution in [0.15, 0.2) is 36.5 Å². The molecule has 1 amide bonds. The molecule has 0 aliphatic carbocycles. The first kappa shape index (κ1) is 21.2. The summed E-state index contributed by atoms with van der Waals surface area (Å²) in [6, 6.07) is 9.62. The Hall–Kier alpha value is -3.30. The molecule has 1 N–H and O–H groups in total. The summed E-state index contributed by atoms with van der Waals surface area (Å²) in [5.41, 5.74) is 3.96. The summed E-state index contributed by atoms with van der Waals surface area (Å²) in [6.07, 6.45) is 4.61.